The molecule has 2 aromatic rings. The van der Waals surface area contributed by atoms with Crippen molar-refractivity contribution in [2.45, 2.75) is 12.8 Å². The quantitative estimate of drug-likeness (QED) is 0.674. The molecule has 0 radical (unpaired) electrons. The zero-order valence-electron chi connectivity index (χ0n) is 15.1. The van der Waals surface area contributed by atoms with Crippen LogP contribution in [0.5, 0.6) is 11.5 Å². The van der Waals surface area contributed by atoms with Crippen molar-refractivity contribution >= 4 is 27.5 Å². The molecular formula is C20H22BrFN2O3. The predicted molar refractivity (Wildman–Crippen MR) is 106 cm³/mol. The third kappa shape index (κ3) is 5.13. The fourth-order valence-corrected chi connectivity index (χ4v) is 3.37. The summed E-state index contributed by atoms with van der Waals surface area (Å²) in [7, 11) is 1.84. The van der Waals surface area contributed by atoms with Gasteiger partial charge in [0.25, 0.3) is 0 Å². The maximum atomic E-state index is 13.7. The minimum Gasteiger partial charge on any atom is -0.486 e. The van der Waals surface area contributed by atoms with Crippen molar-refractivity contribution in [3.05, 3.63) is 52.3 Å². The number of carbonyl (C=O) groups is 1. The maximum absolute atomic E-state index is 13.7. The predicted octanol–water partition coefficient (Wildman–Crippen LogP) is 3.54. The Morgan fingerprint density at radius 1 is 1.22 bits per heavy atom. The molecule has 0 atom stereocenters. The monoisotopic (exact) mass is 436 g/mol. The number of nitrogens with one attached hydrogen (secondary N) is 1. The van der Waals surface area contributed by atoms with Crippen LogP contribution in [0.3, 0.4) is 0 Å². The van der Waals surface area contributed by atoms with Gasteiger partial charge >= 0.3 is 0 Å². The highest BCUT2D eigenvalue weighted by Crippen LogP contribution is 2.35. The summed E-state index contributed by atoms with van der Waals surface area (Å²) in [6.07, 6.45) is 0.971. The van der Waals surface area contributed by atoms with Crippen LogP contribution in [-0.2, 0) is 11.2 Å². The first-order valence-electron chi connectivity index (χ1n) is 8.85. The smallest absolute Gasteiger partial charge is 0.224 e. The van der Waals surface area contributed by atoms with Crippen molar-refractivity contribution < 1.29 is 18.7 Å². The Hall–Kier alpha value is -2.28. The lowest BCUT2D eigenvalue weighted by Crippen LogP contribution is -2.29. The van der Waals surface area contributed by atoms with Crippen LogP contribution in [0.4, 0.5) is 10.1 Å². The molecule has 0 saturated carbocycles. The zero-order chi connectivity index (χ0) is 19.2. The molecule has 0 aromatic heterocycles. The SMILES string of the molecule is CN(CCCNC(=O)Cc1cc2c(cc1Br)OCCO2)c1ccccc1F. The van der Waals surface area contributed by atoms with Crippen molar-refractivity contribution in [3.8, 4) is 11.5 Å². The number of rotatable bonds is 7. The molecule has 0 bridgehead atoms. The van der Waals surface area contributed by atoms with Gasteiger partial charge in [-0.1, -0.05) is 28.1 Å². The molecule has 1 aliphatic rings. The molecule has 1 heterocycles. The number of fused-ring (bicyclic) bond motifs is 1. The van der Waals surface area contributed by atoms with Crippen molar-refractivity contribution in [2.75, 3.05) is 38.3 Å². The largest absolute Gasteiger partial charge is 0.486 e. The first kappa shape index (κ1) is 19.5. The molecule has 7 heteroatoms. The fourth-order valence-electron chi connectivity index (χ4n) is 2.90. The number of amides is 1. The van der Waals surface area contributed by atoms with Crippen molar-refractivity contribution in [1.29, 1.82) is 0 Å². The summed E-state index contributed by atoms with van der Waals surface area (Å²) in [6.45, 7) is 2.21. The van der Waals surface area contributed by atoms with Gasteiger partial charge < -0.3 is 19.7 Å². The Kier molecular flexibility index (Phi) is 6.55. The van der Waals surface area contributed by atoms with E-state index in [1.807, 2.05) is 30.1 Å². The van der Waals surface area contributed by atoms with Gasteiger partial charge in [-0.2, -0.15) is 0 Å². The third-order valence-electron chi connectivity index (χ3n) is 4.32. The van der Waals surface area contributed by atoms with Gasteiger partial charge in [-0.15, -0.1) is 0 Å². The lowest BCUT2D eigenvalue weighted by Gasteiger charge is -2.20. The van der Waals surface area contributed by atoms with Crippen LogP contribution in [0.2, 0.25) is 0 Å². The number of anilines is 1. The molecule has 144 valence electrons. The van der Waals surface area contributed by atoms with E-state index in [0.717, 1.165) is 16.5 Å². The van der Waals surface area contributed by atoms with Crippen LogP contribution in [0.15, 0.2) is 40.9 Å². The first-order valence-corrected chi connectivity index (χ1v) is 9.64. The average molecular weight is 437 g/mol. The Balaban J connectivity index is 1.46. The van der Waals surface area contributed by atoms with Crippen LogP contribution in [-0.4, -0.2) is 39.3 Å². The molecule has 1 N–H and O–H groups in total. The highest BCUT2D eigenvalue weighted by molar-refractivity contribution is 9.10. The lowest BCUT2D eigenvalue weighted by atomic mass is 10.1. The maximum Gasteiger partial charge on any atom is 0.224 e. The van der Waals surface area contributed by atoms with Gasteiger partial charge in [0.2, 0.25) is 5.91 Å². The number of para-hydroxylation sites is 1. The van der Waals surface area contributed by atoms with Gasteiger partial charge in [-0.25, -0.2) is 4.39 Å². The number of carbonyl (C=O) groups excluding carboxylic acids is 1. The number of hydrogen-bond acceptors (Lipinski definition) is 4. The van der Waals surface area contributed by atoms with Crippen LogP contribution in [0.25, 0.3) is 0 Å². The topological polar surface area (TPSA) is 50.8 Å². The molecule has 0 fully saturated rings. The second-order valence-corrected chi connectivity index (χ2v) is 7.19. The van der Waals surface area contributed by atoms with E-state index in [1.54, 1.807) is 12.1 Å². The summed E-state index contributed by atoms with van der Waals surface area (Å²) in [5.41, 5.74) is 1.41. The van der Waals surface area contributed by atoms with E-state index in [1.165, 1.54) is 6.07 Å². The third-order valence-corrected chi connectivity index (χ3v) is 5.06. The van der Waals surface area contributed by atoms with E-state index in [0.29, 0.717) is 43.5 Å². The molecule has 2 aromatic carbocycles. The molecule has 5 nitrogen and oxygen atoms in total. The van der Waals surface area contributed by atoms with Crippen molar-refractivity contribution in [3.63, 3.8) is 0 Å². The standard InChI is InChI=1S/C20H22BrFN2O3/c1-24(17-6-3-2-5-16(17)22)8-4-7-23-20(25)12-14-11-18-19(13-15(14)21)27-10-9-26-18/h2-3,5-6,11,13H,4,7-10,12H2,1H3,(H,23,25). The van der Waals surface area contributed by atoms with E-state index < -0.39 is 0 Å². The molecular weight excluding hydrogens is 415 g/mol. The molecule has 0 spiro atoms. The highest BCUT2D eigenvalue weighted by atomic mass is 79.9. The molecule has 3 rings (SSSR count). The number of halogens is 2. The number of benzene rings is 2. The van der Waals surface area contributed by atoms with Crippen LogP contribution >= 0.6 is 15.9 Å². The minimum absolute atomic E-state index is 0.0686. The summed E-state index contributed by atoms with van der Waals surface area (Å²) < 4.78 is 25.7. The van der Waals surface area contributed by atoms with Gasteiger partial charge in [0, 0.05) is 24.6 Å². The number of hydrogen-bond donors (Lipinski definition) is 1. The van der Waals surface area contributed by atoms with Gasteiger partial charge in [-0.3, -0.25) is 4.79 Å². The van der Waals surface area contributed by atoms with Crippen LogP contribution in [0.1, 0.15) is 12.0 Å². The van der Waals surface area contributed by atoms with E-state index in [-0.39, 0.29) is 18.1 Å². The van der Waals surface area contributed by atoms with Crippen LogP contribution in [0, 0.1) is 5.82 Å². The lowest BCUT2D eigenvalue weighted by molar-refractivity contribution is -0.120. The van der Waals surface area contributed by atoms with Gasteiger partial charge in [0.05, 0.1) is 12.1 Å². The normalized spacial score (nSPS) is 12.6. The molecule has 0 aliphatic carbocycles. The summed E-state index contributed by atoms with van der Waals surface area (Å²) in [6, 6.07) is 10.3. The summed E-state index contributed by atoms with van der Waals surface area (Å²) in [4.78, 5) is 14.1. The summed E-state index contributed by atoms with van der Waals surface area (Å²) in [5.74, 6) is 1.04. The van der Waals surface area contributed by atoms with E-state index in [4.69, 9.17) is 9.47 Å². The van der Waals surface area contributed by atoms with E-state index >= 15 is 0 Å². The van der Waals surface area contributed by atoms with E-state index in [2.05, 4.69) is 21.2 Å². The Labute approximate surface area is 166 Å². The van der Waals surface area contributed by atoms with Crippen molar-refractivity contribution in [2.24, 2.45) is 0 Å². The highest BCUT2D eigenvalue weighted by Gasteiger charge is 2.16. The molecule has 0 saturated heterocycles. The number of nitrogens with zero attached hydrogens (tertiary/aromatic N) is 1. The summed E-state index contributed by atoms with van der Waals surface area (Å²) >= 11 is 3.48. The molecule has 27 heavy (non-hydrogen) atoms. The summed E-state index contributed by atoms with van der Waals surface area (Å²) in [5, 5.41) is 2.91. The second-order valence-electron chi connectivity index (χ2n) is 6.34. The van der Waals surface area contributed by atoms with Gasteiger partial charge in [0.15, 0.2) is 11.5 Å². The second kappa shape index (κ2) is 9.08. The van der Waals surface area contributed by atoms with Gasteiger partial charge in [0.1, 0.15) is 19.0 Å². The zero-order valence-corrected chi connectivity index (χ0v) is 16.7. The average Bonchev–Trinajstić information content (AvgIpc) is 2.66. The van der Waals surface area contributed by atoms with Crippen molar-refractivity contribution in [1.82, 2.24) is 5.32 Å². The molecule has 0 unspecified atom stereocenters. The van der Waals surface area contributed by atoms with E-state index in [9.17, 15) is 9.18 Å². The Bertz CT molecular complexity index is 816. The number of ether oxygens (including phenoxy) is 2. The Morgan fingerprint density at radius 2 is 1.93 bits per heavy atom. The first-order chi connectivity index (χ1) is 13.0. The fraction of sp³-hybridized carbons (Fsp3) is 0.350. The molecule has 1 aliphatic heterocycles. The Morgan fingerprint density at radius 3 is 2.67 bits per heavy atom. The minimum atomic E-state index is -0.243. The molecule has 1 amide bonds. The van der Waals surface area contributed by atoms with Gasteiger partial charge in [-0.05, 0) is 36.2 Å². The van der Waals surface area contributed by atoms with Crippen LogP contribution < -0.4 is 19.7 Å².